The topological polar surface area (TPSA) is 95.9 Å². The first-order valence-electron chi connectivity index (χ1n) is 34.4. The molecule has 0 aliphatic rings. The molecule has 0 saturated heterocycles. The van der Waals surface area contributed by atoms with E-state index in [0.717, 1.165) is 38.5 Å². The quantitative estimate of drug-likeness (QED) is 0.0320. The lowest BCUT2D eigenvalue weighted by atomic mass is 10.0. The van der Waals surface area contributed by atoms with Crippen LogP contribution in [0.15, 0.2) is 12.2 Å². The third-order valence-electron chi connectivity index (χ3n) is 16.3. The van der Waals surface area contributed by atoms with E-state index >= 15 is 0 Å². The lowest BCUT2D eigenvalue weighted by Gasteiger charge is -2.22. The Balaban J connectivity index is 3.40. The molecule has 0 aliphatic carbocycles. The van der Waals surface area contributed by atoms with Crippen LogP contribution < -0.4 is 5.32 Å². The molecule has 0 aromatic rings. The Morgan fingerprint density at radius 3 is 0.947 bits per heavy atom. The standard InChI is InChI=1S/C69H135NO5/c1-3-5-7-9-11-13-15-17-18-19-20-21-26-29-32-35-38-41-45-49-53-57-61-67(72)66(65-71)70-68(73)62-58-54-50-46-42-39-36-33-30-27-24-22-23-25-28-31-34-37-40-44-48-52-56-60-64-75-69(74)63-59-55-51-47-43-16-14-12-10-8-6-4-2/h24,27,66-67,71-72H,3-23,25-26,28-65H2,1-2H3,(H,70,73)/b27-24-. The van der Waals surface area contributed by atoms with E-state index in [1.54, 1.807) is 0 Å². The van der Waals surface area contributed by atoms with Crippen LogP contribution in [0.5, 0.6) is 0 Å². The van der Waals surface area contributed by atoms with Crippen LogP contribution >= 0.6 is 0 Å². The molecule has 2 atom stereocenters. The number of amides is 1. The molecule has 0 spiro atoms. The van der Waals surface area contributed by atoms with Crippen LogP contribution in [0.2, 0.25) is 0 Å². The van der Waals surface area contributed by atoms with Crippen molar-refractivity contribution in [1.82, 2.24) is 5.32 Å². The average molecular weight is 1060 g/mol. The van der Waals surface area contributed by atoms with Gasteiger partial charge in [-0.15, -0.1) is 0 Å². The van der Waals surface area contributed by atoms with Gasteiger partial charge >= 0.3 is 5.97 Å². The second-order valence-corrected chi connectivity index (χ2v) is 23.9. The summed E-state index contributed by atoms with van der Waals surface area (Å²) in [5.74, 6) is -0.0204. The number of hydrogen-bond acceptors (Lipinski definition) is 5. The number of aliphatic hydroxyl groups is 2. The smallest absolute Gasteiger partial charge is 0.305 e. The van der Waals surface area contributed by atoms with E-state index in [1.165, 1.54) is 321 Å². The highest BCUT2D eigenvalue weighted by molar-refractivity contribution is 5.76. The molecule has 1 amide bonds. The molecule has 0 aromatic carbocycles. The monoisotopic (exact) mass is 1060 g/mol. The first-order valence-corrected chi connectivity index (χ1v) is 34.4. The van der Waals surface area contributed by atoms with E-state index in [-0.39, 0.29) is 18.5 Å². The van der Waals surface area contributed by atoms with Crippen molar-refractivity contribution < 1.29 is 24.5 Å². The largest absolute Gasteiger partial charge is 0.466 e. The molecule has 0 fully saturated rings. The molecule has 0 heterocycles. The van der Waals surface area contributed by atoms with Crippen LogP contribution in [-0.2, 0) is 14.3 Å². The molecule has 2 unspecified atom stereocenters. The number of allylic oxidation sites excluding steroid dienone is 2. The molecule has 0 aliphatic heterocycles. The Labute approximate surface area is 469 Å². The number of hydrogen-bond donors (Lipinski definition) is 3. The van der Waals surface area contributed by atoms with Gasteiger partial charge in [-0.05, 0) is 51.4 Å². The van der Waals surface area contributed by atoms with Crippen molar-refractivity contribution >= 4 is 11.9 Å². The second-order valence-electron chi connectivity index (χ2n) is 23.9. The van der Waals surface area contributed by atoms with E-state index in [1.807, 2.05) is 0 Å². The molecule has 3 N–H and O–H groups in total. The summed E-state index contributed by atoms with van der Waals surface area (Å²) < 4.78 is 5.48. The Morgan fingerprint density at radius 2 is 0.627 bits per heavy atom. The average Bonchev–Trinajstić information content (AvgIpc) is 3.41. The number of nitrogens with one attached hydrogen (secondary N) is 1. The van der Waals surface area contributed by atoms with Crippen LogP contribution in [0.4, 0.5) is 0 Å². The van der Waals surface area contributed by atoms with Gasteiger partial charge in [-0.25, -0.2) is 0 Å². The van der Waals surface area contributed by atoms with E-state index in [9.17, 15) is 19.8 Å². The Kier molecular flexibility index (Phi) is 63.9. The van der Waals surface area contributed by atoms with Gasteiger partial charge in [-0.3, -0.25) is 9.59 Å². The third kappa shape index (κ3) is 61.7. The molecule has 0 bridgehead atoms. The number of unbranched alkanes of at least 4 members (excludes halogenated alkanes) is 52. The van der Waals surface area contributed by atoms with Crippen molar-refractivity contribution in [1.29, 1.82) is 0 Å². The fraction of sp³-hybridized carbons (Fsp3) is 0.942. The number of esters is 1. The Morgan fingerprint density at radius 1 is 0.360 bits per heavy atom. The van der Waals surface area contributed by atoms with Crippen LogP contribution in [0.1, 0.15) is 393 Å². The maximum atomic E-state index is 12.5. The summed E-state index contributed by atoms with van der Waals surface area (Å²) in [6.07, 6.45) is 79.6. The Bertz CT molecular complexity index is 1130. The van der Waals surface area contributed by atoms with Gasteiger partial charge < -0.3 is 20.3 Å². The minimum Gasteiger partial charge on any atom is -0.466 e. The highest BCUT2D eigenvalue weighted by Crippen LogP contribution is 2.19. The molecule has 75 heavy (non-hydrogen) atoms. The van der Waals surface area contributed by atoms with Crippen molar-refractivity contribution in [2.75, 3.05) is 13.2 Å². The molecule has 0 radical (unpaired) electrons. The van der Waals surface area contributed by atoms with Crippen LogP contribution in [-0.4, -0.2) is 47.4 Å². The van der Waals surface area contributed by atoms with Crippen LogP contribution in [0, 0.1) is 0 Å². The first-order chi connectivity index (χ1) is 37.0. The highest BCUT2D eigenvalue weighted by atomic mass is 16.5. The third-order valence-corrected chi connectivity index (χ3v) is 16.3. The summed E-state index contributed by atoms with van der Waals surface area (Å²) in [6, 6.07) is -0.545. The van der Waals surface area contributed by atoms with Gasteiger partial charge in [-0.2, -0.15) is 0 Å². The van der Waals surface area contributed by atoms with E-state index in [0.29, 0.717) is 25.9 Å². The number of rotatable bonds is 65. The summed E-state index contributed by atoms with van der Waals surface area (Å²) >= 11 is 0. The highest BCUT2D eigenvalue weighted by Gasteiger charge is 2.20. The zero-order valence-electron chi connectivity index (χ0n) is 51.1. The van der Waals surface area contributed by atoms with Gasteiger partial charge in [0.25, 0.3) is 0 Å². The van der Waals surface area contributed by atoms with Crippen LogP contribution in [0.3, 0.4) is 0 Å². The summed E-state index contributed by atoms with van der Waals surface area (Å²) in [6.45, 7) is 4.99. The van der Waals surface area contributed by atoms with Gasteiger partial charge in [0.15, 0.2) is 0 Å². The van der Waals surface area contributed by atoms with Gasteiger partial charge in [0.05, 0.1) is 25.4 Å². The van der Waals surface area contributed by atoms with Crippen molar-refractivity contribution in [3.05, 3.63) is 12.2 Å². The number of carbonyl (C=O) groups is 2. The minimum atomic E-state index is -0.668. The molecule has 6 heteroatoms. The summed E-state index contributed by atoms with van der Waals surface area (Å²) in [7, 11) is 0. The molecule has 0 rings (SSSR count). The molecule has 0 aromatic heterocycles. The molecular formula is C69H135NO5. The fourth-order valence-corrected chi connectivity index (χ4v) is 11.1. The zero-order valence-corrected chi connectivity index (χ0v) is 51.1. The predicted molar refractivity (Wildman–Crippen MR) is 329 cm³/mol. The van der Waals surface area contributed by atoms with E-state index in [2.05, 4.69) is 31.3 Å². The number of aliphatic hydroxyl groups excluding tert-OH is 2. The second kappa shape index (κ2) is 65.1. The van der Waals surface area contributed by atoms with Crippen molar-refractivity contribution in [3.63, 3.8) is 0 Å². The SMILES string of the molecule is CCCCCCCCCCCCCCCCCCCCCCCCC(O)C(CO)NC(=O)CCCCCCCCCC/C=C\CCCCCCCCCCCCCCOC(=O)CCCCCCCCCCCCCC. The molecule has 446 valence electrons. The summed E-state index contributed by atoms with van der Waals surface area (Å²) in [4.78, 5) is 24.6. The normalized spacial score (nSPS) is 12.5. The first kappa shape index (κ1) is 73.6. The number of carbonyl (C=O) groups excluding carboxylic acids is 2. The maximum Gasteiger partial charge on any atom is 0.305 e. The molecule has 0 saturated carbocycles. The summed E-state index contributed by atoms with van der Waals surface area (Å²) in [5.41, 5.74) is 0. The predicted octanol–water partition coefficient (Wildman–Crippen LogP) is 22.0. The van der Waals surface area contributed by atoms with Crippen molar-refractivity contribution in [3.8, 4) is 0 Å². The van der Waals surface area contributed by atoms with Gasteiger partial charge in [0, 0.05) is 12.8 Å². The van der Waals surface area contributed by atoms with Crippen LogP contribution in [0.25, 0.3) is 0 Å². The fourth-order valence-electron chi connectivity index (χ4n) is 11.1. The molecule has 6 nitrogen and oxygen atoms in total. The van der Waals surface area contributed by atoms with Crippen molar-refractivity contribution in [2.24, 2.45) is 0 Å². The van der Waals surface area contributed by atoms with E-state index < -0.39 is 12.1 Å². The maximum absolute atomic E-state index is 12.5. The zero-order chi connectivity index (χ0) is 54.3. The minimum absolute atomic E-state index is 0.0143. The van der Waals surface area contributed by atoms with Crippen molar-refractivity contribution in [2.45, 2.75) is 405 Å². The number of ether oxygens (including phenoxy) is 1. The Hall–Kier alpha value is -1.40. The summed E-state index contributed by atoms with van der Waals surface area (Å²) in [5, 5.41) is 23.4. The molecular weight excluding hydrogens is 923 g/mol. The van der Waals surface area contributed by atoms with Gasteiger partial charge in [-0.1, -0.05) is 341 Å². The van der Waals surface area contributed by atoms with Gasteiger partial charge in [0.1, 0.15) is 0 Å². The lowest BCUT2D eigenvalue weighted by Crippen LogP contribution is -2.45. The van der Waals surface area contributed by atoms with Gasteiger partial charge in [0.2, 0.25) is 5.91 Å². The lowest BCUT2D eigenvalue weighted by molar-refractivity contribution is -0.143. The van der Waals surface area contributed by atoms with E-state index in [4.69, 9.17) is 4.74 Å².